The Morgan fingerprint density at radius 1 is 0.933 bits per heavy atom. The fourth-order valence-corrected chi connectivity index (χ4v) is 2.57. The van der Waals surface area contributed by atoms with Crippen molar-refractivity contribution >= 4 is 31.5 Å². The second kappa shape index (κ2) is 3.72. The molecular weight excluding hydrogens is 244 g/mol. The van der Waals surface area contributed by atoms with Crippen LogP contribution in [0.1, 0.15) is 0 Å². The van der Waals surface area contributed by atoms with Crippen LogP contribution in [0.15, 0.2) is 18.2 Å². The molecule has 0 atom stereocenters. The van der Waals surface area contributed by atoms with Gasteiger partial charge in [-0.15, -0.1) is 0 Å². The van der Waals surface area contributed by atoms with Gasteiger partial charge in [0.05, 0.1) is 16.3 Å². The van der Waals surface area contributed by atoms with Crippen LogP contribution in [0, 0.1) is 0 Å². The average molecular weight is 253 g/mol. The van der Waals surface area contributed by atoms with Crippen molar-refractivity contribution in [2.24, 2.45) is 0 Å². The lowest BCUT2D eigenvalue weighted by molar-refractivity contribution is 0.386. The first-order valence-electron chi connectivity index (χ1n) is 3.65. The molecule has 0 radical (unpaired) electrons. The van der Waals surface area contributed by atoms with E-state index in [1.54, 1.807) is 0 Å². The van der Waals surface area contributed by atoms with Gasteiger partial charge in [0.25, 0.3) is 0 Å². The third-order valence-electron chi connectivity index (χ3n) is 1.69. The molecule has 0 aliphatic carbocycles. The maximum absolute atomic E-state index is 10.9. The number of rotatable bonds is 2. The number of hydrogen-bond donors (Lipinski definition) is 5. The van der Waals surface area contributed by atoms with E-state index in [4.69, 9.17) is 25.3 Å². The molecule has 7 nitrogen and oxygen atoms in total. The van der Waals surface area contributed by atoms with Gasteiger partial charge in [-0.05, 0) is 12.1 Å². The first kappa shape index (κ1) is 12.4. The summed E-state index contributed by atoms with van der Waals surface area (Å²) in [6.07, 6.45) is 0. The van der Waals surface area contributed by atoms with Crippen LogP contribution in [0.2, 0.25) is 0 Å². The third-order valence-corrected chi connectivity index (χ3v) is 3.72. The minimum Gasteiger partial charge on any atom is -0.397 e. The summed E-state index contributed by atoms with van der Waals surface area (Å²) in [5.41, 5.74) is 4.70. The minimum absolute atomic E-state index is 0.570. The number of hydrogen-bond acceptors (Lipinski definition) is 3. The van der Waals surface area contributed by atoms with Gasteiger partial charge in [0.15, 0.2) is 0 Å². The van der Waals surface area contributed by atoms with Crippen molar-refractivity contribution in [2.75, 3.05) is 5.73 Å². The zero-order valence-electron chi connectivity index (χ0n) is 7.31. The van der Waals surface area contributed by atoms with Crippen molar-refractivity contribution in [1.82, 2.24) is 0 Å². The Morgan fingerprint density at radius 3 is 1.53 bits per heavy atom. The summed E-state index contributed by atoms with van der Waals surface area (Å²) in [6, 6.07) is 3.17. The van der Waals surface area contributed by atoms with Crippen LogP contribution in [0.5, 0.6) is 0 Å². The number of benzene rings is 1. The average Bonchev–Trinajstić information content (AvgIpc) is 1.99. The Bertz CT molecular complexity index is 434. The van der Waals surface area contributed by atoms with Gasteiger partial charge < -0.3 is 25.3 Å². The highest BCUT2D eigenvalue weighted by Gasteiger charge is 2.28. The number of nitrogens with two attached hydrogens (primary N) is 1. The van der Waals surface area contributed by atoms with E-state index in [-0.39, 0.29) is 0 Å². The highest BCUT2D eigenvalue weighted by molar-refractivity contribution is 7.62. The van der Waals surface area contributed by atoms with Crippen LogP contribution in [0.3, 0.4) is 0 Å². The predicted molar refractivity (Wildman–Crippen MR) is 54.2 cm³/mol. The molecule has 15 heavy (non-hydrogen) atoms. The van der Waals surface area contributed by atoms with Crippen LogP contribution >= 0.6 is 15.2 Å². The number of para-hydroxylation sites is 1. The van der Waals surface area contributed by atoms with E-state index in [2.05, 4.69) is 0 Å². The van der Waals surface area contributed by atoms with Crippen LogP contribution in [-0.2, 0) is 9.13 Å². The molecule has 9 heteroatoms. The van der Waals surface area contributed by atoms with E-state index in [0.717, 1.165) is 18.2 Å². The maximum Gasteiger partial charge on any atom is 0.358 e. The summed E-state index contributed by atoms with van der Waals surface area (Å²) in [5, 5.41) is -1.16. The molecule has 0 aliphatic heterocycles. The van der Waals surface area contributed by atoms with Crippen molar-refractivity contribution in [3.8, 4) is 0 Å². The van der Waals surface area contributed by atoms with Gasteiger partial charge in [-0.25, -0.2) is 0 Å². The molecule has 0 saturated heterocycles. The third kappa shape index (κ3) is 2.66. The molecule has 0 unspecified atom stereocenters. The SMILES string of the molecule is Nc1c(P(=O)(O)O)cccc1P(=O)(O)O. The van der Waals surface area contributed by atoms with Crippen molar-refractivity contribution in [3.05, 3.63) is 18.2 Å². The normalized spacial score (nSPS) is 12.8. The lowest BCUT2D eigenvalue weighted by Crippen LogP contribution is -2.20. The van der Waals surface area contributed by atoms with E-state index in [1.807, 2.05) is 0 Å². The van der Waals surface area contributed by atoms with Gasteiger partial charge in [-0.3, -0.25) is 9.13 Å². The summed E-state index contributed by atoms with van der Waals surface area (Å²) in [7, 11) is -9.24. The van der Waals surface area contributed by atoms with Gasteiger partial charge in [0.2, 0.25) is 0 Å². The summed E-state index contributed by atoms with van der Waals surface area (Å²) < 4.78 is 21.8. The molecule has 1 aromatic carbocycles. The number of nitrogen functional groups attached to an aromatic ring is 1. The van der Waals surface area contributed by atoms with Crippen molar-refractivity contribution in [3.63, 3.8) is 0 Å². The van der Waals surface area contributed by atoms with Crippen molar-refractivity contribution in [2.45, 2.75) is 0 Å². The molecule has 0 aromatic heterocycles. The van der Waals surface area contributed by atoms with Crippen molar-refractivity contribution in [1.29, 1.82) is 0 Å². The molecule has 0 fully saturated rings. The molecule has 0 amide bonds. The highest BCUT2D eigenvalue weighted by atomic mass is 31.2. The minimum atomic E-state index is -4.62. The Morgan fingerprint density at radius 2 is 1.27 bits per heavy atom. The molecular formula is C6H9NO6P2. The van der Waals surface area contributed by atoms with Gasteiger partial charge in [0, 0.05) is 0 Å². The molecule has 0 bridgehead atoms. The van der Waals surface area contributed by atoms with Gasteiger partial charge in [-0.1, -0.05) is 6.07 Å². The van der Waals surface area contributed by atoms with E-state index < -0.39 is 31.5 Å². The molecule has 0 heterocycles. The molecule has 84 valence electrons. The quantitative estimate of drug-likeness (QED) is 0.332. The van der Waals surface area contributed by atoms with Crippen LogP contribution in [0.4, 0.5) is 5.69 Å². The van der Waals surface area contributed by atoms with Gasteiger partial charge >= 0.3 is 15.2 Å². The zero-order chi connectivity index (χ0) is 11.9. The van der Waals surface area contributed by atoms with Gasteiger partial charge in [-0.2, -0.15) is 0 Å². The predicted octanol–water partition coefficient (Wildman–Crippen LogP) is -1.13. The summed E-state index contributed by atoms with van der Waals surface area (Å²) in [5.74, 6) is 0. The smallest absolute Gasteiger partial charge is 0.358 e. The second-order valence-electron chi connectivity index (χ2n) is 2.80. The Balaban J connectivity index is 3.51. The monoisotopic (exact) mass is 253 g/mol. The Kier molecular flexibility index (Phi) is 3.07. The summed E-state index contributed by atoms with van der Waals surface area (Å²) in [6.45, 7) is 0. The lowest BCUT2D eigenvalue weighted by Gasteiger charge is -2.12. The molecule has 1 aromatic rings. The van der Waals surface area contributed by atoms with Crippen LogP contribution in [0.25, 0.3) is 0 Å². The fourth-order valence-electron chi connectivity index (χ4n) is 1.05. The van der Waals surface area contributed by atoms with E-state index in [1.165, 1.54) is 0 Å². The molecule has 1 rings (SSSR count). The Labute approximate surface area is 84.9 Å². The van der Waals surface area contributed by atoms with E-state index >= 15 is 0 Å². The molecule has 0 spiro atoms. The highest BCUT2D eigenvalue weighted by Crippen LogP contribution is 2.40. The zero-order valence-corrected chi connectivity index (χ0v) is 9.10. The molecule has 0 aliphatic rings. The van der Waals surface area contributed by atoms with E-state index in [0.29, 0.717) is 0 Å². The summed E-state index contributed by atoms with van der Waals surface area (Å²) >= 11 is 0. The summed E-state index contributed by atoms with van der Waals surface area (Å²) in [4.78, 5) is 35.4. The van der Waals surface area contributed by atoms with Gasteiger partial charge in [0.1, 0.15) is 0 Å². The molecule has 6 N–H and O–H groups in total. The Hall–Kier alpha value is -0.680. The van der Waals surface area contributed by atoms with Crippen LogP contribution in [-0.4, -0.2) is 19.6 Å². The first-order valence-corrected chi connectivity index (χ1v) is 6.87. The number of anilines is 1. The largest absolute Gasteiger partial charge is 0.397 e. The van der Waals surface area contributed by atoms with Crippen molar-refractivity contribution < 1.29 is 28.7 Å². The maximum atomic E-state index is 10.9. The topological polar surface area (TPSA) is 141 Å². The lowest BCUT2D eigenvalue weighted by atomic mass is 10.3. The van der Waals surface area contributed by atoms with E-state index in [9.17, 15) is 9.13 Å². The fraction of sp³-hybridized carbons (Fsp3) is 0. The standard InChI is InChI=1S/C6H9NO6P2/c7-6-4(14(8,9)10)2-1-3-5(6)15(11,12)13/h1-3H,7H2,(H2,8,9,10)(H2,11,12,13). The second-order valence-corrected chi connectivity index (χ2v) is 5.94. The molecule has 0 saturated carbocycles. The van der Waals surface area contributed by atoms with Crippen LogP contribution < -0.4 is 16.3 Å². The first-order chi connectivity index (χ1) is 6.64.